The molecule has 0 bridgehead atoms. The van der Waals surface area contributed by atoms with E-state index in [0.717, 1.165) is 33.0 Å². The van der Waals surface area contributed by atoms with Gasteiger partial charge in [-0.1, -0.05) is 54.6 Å². The van der Waals surface area contributed by atoms with Crippen LogP contribution in [0, 0.1) is 0 Å². The molecule has 1 N–H and O–H groups in total. The minimum Gasteiger partial charge on any atom is -0.490 e. The van der Waals surface area contributed by atoms with Crippen molar-refractivity contribution in [2.24, 2.45) is 0 Å². The predicted molar refractivity (Wildman–Crippen MR) is 204 cm³/mol. The SMILES string of the molecule is CCOC(=O)c1cc(-c2cccc3c(-c4ccc(OCCOCCOCCOC)c(C(=O)OCC)c4)cccc23)ccc1COCCOCCOCCO. The van der Waals surface area contributed by atoms with Gasteiger partial charge in [-0.05, 0) is 70.6 Å². The fourth-order valence-corrected chi connectivity index (χ4v) is 5.64. The molecule has 12 nitrogen and oxygen atoms in total. The zero-order valence-corrected chi connectivity index (χ0v) is 31.5. The van der Waals surface area contributed by atoms with Gasteiger partial charge in [0.2, 0.25) is 0 Å². The number of carbonyl (C=O) groups is 2. The highest BCUT2D eigenvalue weighted by atomic mass is 16.6. The molecule has 0 unspecified atom stereocenters. The molecular formula is C42H52O12. The van der Waals surface area contributed by atoms with Crippen molar-refractivity contribution in [3.63, 3.8) is 0 Å². The molecule has 292 valence electrons. The highest BCUT2D eigenvalue weighted by Crippen LogP contribution is 2.37. The Bertz CT molecular complexity index is 1610. The van der Waals surface area contributed by atoms with Crippen molar-refractivity contribution in [2.45, 2.75) is 20.5 Å². The molecule has 0 aliphatic rings. The average Bonchev–Trinajstić information content (AvgIpc) is 3.19. The molecule has 0 saturated heterocycles. The van der Waals surface area contributed by atoms with Crippen LogP contribution in [0.4, 0.5) is 0 Å². The molecule has 12 heteroatoms. The number of aliphatic hydroxyl groups excluding tert-OH is 1. The minimum atomic E-state index is -0.477. The van der Waals surface area contributed by atoms with Gasteiger partial charge < -0.3 is 47.7 Å². The van der Waals surface area contributed by atoms with Gasteiger partial charge in [-0.25, -0.2) is 9.59 Å². The number of aliphatic hydroxyl groups is 1. The van der Waals surface area contributed by atoms with Gasteiger partial charge in [-0.3, -0.25) is 0 Å². The van der Waals surface area contributed by atoms with Crippen molar-refractivity contribution in [2.75, 3.05) is 99.6 Å². The van der Waals surface area contributed by atoms with Gasteiger partial charge in [0.15, 0.2) is 0 Å². The number of esters is 2. The topological polar surface area (TPSA) is 137 Å². The Hall–Kier alpha value is -4.40. The van der Waals surface area contributed by atoms with E-state index in [9.17, 15) is 9.59 Å². The summed E-state index contributed by atoms with van der Waals surface area (Å²) in [6, 6.07) is 23.3. The summed E-state index contributed by atoms with van der Waals surface area (Å²) in [4.78, 5) is 26.2. The number of methoxy groups -OCH3 is 1. The molecule has 0 saturated carbocycles. The maximum Gasteiger partial charge on any atom is 0.341 e. The third-order valence-electron chi connectivity index (χ3n) is 8.15. The summed E-state index contributed by atoms with van der Waals surface area (Å²) in [5, 5.41) is 10.7. The molecule has 0 atom stereocenters. The lowest BCUT2D eigenvalue weighted by atomic mass is 9.91. The van der Waals surface area contributed by atoms with Crippen LogP contribution in [0.15, 0.2) is 72.8 Å². The summed E-state index contributed by atoms with van der Waals surface area (Å²) in [5.74, 6) is -0.497. The average molecular weight is 749 g/mol. The first-order chi connectivity index (χ1) is 26.5. The van der Waals surface area contributed by atoms with Crippen molar-refractivity contribution < 1.29 is 57.3 Å². The predicted octanol–water partition coefficient (Wildman–Crippen LogP) is 6.13. The summed E-state index contributed by atoms with van der Waals surface area (Å²) >= 11 is 0. The maximum absolute atomic E-state index is 13.1. The van der Waals surface area contributed by atoms with Gasteiger partial charge in [0.05, 0.1) is 98.1 Å². The lowest BCUT2D eigenvalue weighted by molar-refractivity contribution is 0.00429. The Kier molecular flexibility index (Phi) is 18.9. The number of hydrogen-bond acceptors (Lipinski definition) is 12. The van der Waals surface area contributed by atoms with E-state index in [1.54, 1.807) is 33.1 Å². The lowest BCUT2D eigenvalue weighted by Crippen LogP contribution is -2.14. The Morgan fingerprint density at radius 1 is 0.556 bits per heavy atom. The first kappa shape index (κ1) is 42.3. The second-order valence-corrected chi connectivity index (χ2v) is 11.8. The molecule has 4 aromatic carbocycles. The van der Waals surface area contributed by atoms with Gasteiger partial charge in [0, 0.05) is 7.11 Å². The Labute approximate surface area is 317 Å². The van der Waals surface area contributed by atoms with E-state index in [1.165, 1.54) is 0 Å². The molecule has 0 aliphatic heterocycles. The number of carbonyl (C=O) groups excluding carboxylic acids is 2. The second kappa shape index (κ2) is 24.1. The molecule has 0 aromatic heterocycles. The van der Waals surface area contributed by atoms with Gasteiger partial charge in [-0.2, -0.15) is 0 Å². The van der Waals surface area contributed by atoms with E-state index in [-0.39, 0.29) is 39.6 Å². The van der Waals surface area contributed by atoms with E-state index in [0.29, 0.717) is 81.9 Å². The Morgan fingerprint density at radius 2 is 1.06 bits per heavy atom. The summed E-state index contributed by atoms with van der Waals surface area (Å²) in [6.07, 6.45) is 0. The minimum absolute atomic E-state index is 0.0255. The number of ether oxygens (including phenoxy) is 9. The fourth-order valence-electron chi connectivity index (χ4n) is 5.64. The van der Waals surface area contributed by atoms with Crippen molar-refractivity contribution in [3.05, 3.63) is 89.5 Å². The number of rotatable bonds is 26. The van der Waals surface area contributed by atoms with Crippen LogP contribution >= 0.6 is 0 Å². The van der Waals surface area contributed by atoms with Crippen molar-refractivity contribution >= 4 is 22.7 Å². The summed E-state index contributed by atoms with van der Waals surface area (Å²) < 4.78 is 49.3. The monoisotopic (exact) mass is 748 g/mol. The van der Waals surface area contributed by atoms with Crippen LogP contribution in [0.5, 0.6) is 5.75 Å². The van der Waals surface area contributed by atoms with E-state index in [4.69, 9.17) is 47.7 Å². The van der Waals surface area contributed by atoms with Crippen LogP contribution in [0.3, 0.4) is 0 Å². The summed E-state index contributed by atoms with van der Waals surface area (Å²) in [5.41, 5.74) is 4.96. The molecule has 0 amide bonds. The zero-order chi connectivity index (χ0) is 38.4. The van der Waals surface area contributed by atoms with E-state index in [1.807, 2.05) is 60.7 Å². The summed E-state index contributed by atoms with van der Waals surface area (Å²) in [7, 11) is 1.62. The molecule has 0 spiro atoms. The largest absolute Gasteiger partial charge is 0.490 e. The van der Waals surface area contributed by atoms with Crippen molar-refractivity contribution in [1.82, 2.24) is 0 Å². The normalized spacial score (nSPS) is 11.2. The van der Waals surface area contributed by atoms with Gasteiger partial charge in [0.1, 0.15) is 17.9 Å². The first-order valence-electron chi connectivity index (χ1n) is 18.3. The molecule has 0 fully saturated rings. The quantitative estimate of drug-likeness (QED) is 0.0585. The van der Waals surface area contributed by atoms with Crippen LogP contribution < -0.4 is 4.74 Å². The molecule has 0 aliphatic carbocycles. The van der Waals surface area contributed by atoms with Gasteiger partial charge >= 0.3 is 11.9 Å². The maximum atomic E-state index is 13.1. The summed E-state index contributed by atoms with van der Waals surface area (Å²) in [6.45, 7) is 8.44. The fraction of sp³-hybridized carbons (Fsp3) is 0.429. The molecule has 0 radical (unpaired) electrons. The molecule has 4 rings (SSSR count). The lowest BCUT2D eigenvalue weighted by Gasteiger charge is -2.16. The van der Waals surface area contributed by atoms with Crippen LogP contribution in [0.25, 0.3) is 33.0 Å². The van der Waals surface area contributed by atoms with Gasteiger partial charge in [-0.15, -0.1) is 0 Å². The van der Waals surface area contributed by atoms with Crippen LogP contribution in [0.2, 0.25) is 0 Å². The Morgan fingerprint density at radius 3 is 1.63 bits per heavy atom. The number of hydrogen-bond donors (Lipinski definition) is 1. The zero-order valence-electron chi connectivity index (χ0n) is 31.5. The highest BCUT2D eigenvalue weighted by Gasteiger charge is 2.19. The van der Waals surface area contributed by atoms with Gasteiger partial charge in [0.25, 0.3) is 0 Å². The van der Waals surface area contributed by atoms with E-state index < -0.39 is 11.9 Å². The Balaban J connectivity index is 1.53. The third kappa shape index (κ3) is 12.9. The van der Waals surface area contributed by atoms with E-state index in [2.05, 4.69) is 0 Å². The molecule has 4 aromatic rings. The van der Waals surface area contributed by atoms with Crippen LogP contribution in [-0.4, -0.2) is 117 Å². The highest BCUT2D eigenvalue weighted by molar-refractivity contribution is 6.06. The molecule has 0 heterocycles. The third-order valence-corrected chi connectivity index (χ3v) is 8.15. The number of fused-ring (bicyclic) bond motifs is 1. The van der Waals surface area contributed by atoms with E-state index >= 15 is 0 Å². The van der Waals surface area contributed by atoms with Crippen molar-refractivity contribution in [1.29, 1.82) is 0 Å². The second-order valence-electron chi connectivity index (χ2n) is 11.8. The molecular weight excluding hydrogens is 696 g/mol. The van der Waals surface area contributed by atoms with Crippen LogP contribution in [-0.2, 0) is 44.5 Å². The van der Waals surface area contributed by atoms with Crippen molar-refractivity contribution in [3.8, 4) is 28.0 Å². The first-order valence-corrected chi connectivity index (χ1v) is 18.3. The molecule has 54 heavy (non-hydrogen) atoms. The standard InChI is InChI=1S/C42H52O12/c1-4-52-41(44)38-28-31(12-13-33(38)30-51-25-24-49-21-20-47-17-16-43)34-8-6-11-37-35(9-7-10-36(34)37)32-14-15-40(39(29-32)42(45)53-5-2)54-27-26-50-23-22-48-19-18-46-3/h6-15,28-29,43H,4-5,16-27,30H2,1-3H3. The van der Waals surface area contributed by atoms with Crippen LogP contribution in [0.1, 0.15) is 40.1 Å². The smallest absolute Gasteiger partial charge is 0.341 e. The number of benzene rings is 4.